The minimum absolute atomic E-state index is 0.131. The second-order valence-electron chi connectivity index (χ2n) is 3.16. The molecule has 0 saturated heterocycles. The number of rotatable bonds is 7. The van der Waals surface area contributed by atoms with Crippen LogP contribution in [0.1, 0.15) is 10.4 Å². The van der Waals surface area contributed by atoms with Gasteiger partial charge in [0.15, 0.2) is 0 Å². The van der Waals surface area contributed by atoms with Crippen LogP contribution in [0.5, 0.6) is 0 Å². The van der Waals surface area contributed by atoms with E-state index < -0.39 is 5.97 Å². The molecule has 0 radical (unpaired) electrons. The van der Waals surface area contributed by atoms with Crippen LogP contribution in [0.2, 0.25) is 5.15 Å². The molecule has 0 bridgehead atoms. The number of carboxylic acids is 1. The van der Waals surface area contributed by atoms with Gasteiger partial charge >= 0.3 is 5.97 Å². The van der Waals surface area contributed by atoms with E-state index in [2.05, 4.69) is 16.9 Å². The molecule has 2 N–H and O–H groups in total. The molecule has 0 aliphatic heterocycles. The van der Waals surface area contributed by atoms with Gasteiger partial charge in [-0.05, 0) is 12.1 Å². The Bertz CT molecular complexity index is 412. The molecule has 0 amide bonds. The maximum atomic E-state index is 10.8. The summed E-state index contributed by atoms with van der Waals surface area (Å²) in [6.07, 6.45) is 1.84. The van der Waals surface area contributed by atoms with Gasteiger partial charge in [0.1, 0.15) is 11.0 Å². The molecule has 0 atom stereocenters. The highest BCUT2D eigenvalue weighted by Gasteiger charge is 2.06. The quantitative estimate of drug-likeness (QED) is 0.454. The van der Waals surface area contributed by atoms with Crippen LogP contribution in [-0.4, -0.2) is 34.1 Å². The third-order valence-electron chi connectivity index (χ3n) is 1.83. The molecule has 92 valence electrons. The van der Waals surface area contributed by atoms with E-state index in [4.69, 9.17) is 16.7 Å². The summed E-state index contributed by atoms with van der Waals surface area (Å²) in [4.78, 5) is 14.8. The summed E-state index contributed by atoms with van der Waals surface area (Å²) in [6, 6.07) is 2.79. The first-order chi connectivity index (χ1) is 8.13. The lowest BCUT2D eigenvalue weighted by Gasteiger charge is -2.06. The Hall–Kier alpha value is -1.20. The second kappa shape index (κ2) is 7.19. The molecule has 1 rings (SSSR count). The van der Waals surface area contributed by atoms with E-state index in [1.54, 1.807) is 11.8 Å². The first kappa shape index (κ1) is 13.9. The lowest BCUT2D eigenvalue weighted by molar-refractivity contribution is 0.0697. The Morgan fingerprint density at radius 3 is 3.06 bits per heavy atom. The van der Waals surface area contributed by atoms with Gasteiger partial charge < -0.3 is 10.4 Å². The van der Waals surface area contributed by atoms with Crippen molar-refractivity contribution in [3.05, 3.63) is 35.5 Å². The topological polar surface area (TPSA) is 62.2 Å². The van der Waals surface area contributed by atoms with E-state index in [-0.39, 0.29) is 10.7 Å². The molecule has 17 heavy (non-hydrogen) atoms. The number of nitrogens with zero attached hydrogens (tertiary/aromatic N) is 1. The maximum absolute atomic E-state index is 10.8. The zero-order valence-electron chi connectivity index (χ0n) is 9.15. The summed E-state index contributed by atoms with van der Waals surface area (Å²) in [5.74, 6) is 1.25. The van der Waals surface area contributed by atoms with E-state index in [0.29, 0.717) is 12.4 Å². The third-order valence-corrected chi connectivity index (χ3v) is 2.99. The number of pyridine rings is 1. The highest BCUT2D eigenvalue weighted by molar-refractivity contribution is 7.99. The zero-order chi connectivity index (χ0) is 12.7. The third kappa shape index (κ3) is 5.10. The second-order valence-corrected chi connectivity index (χ2v) is 4.70. The van der Waals surface area contributed by atoms with E-state index >= 15 is 0 Å². The van der Waals surface area contributed by atoms with Gasteiger partial charge in [0.2, 0.25) is 0 Å². The molecular weight excluding hydrogens is 260 g/mol. The summed E-state index contributed by atoms with van der Waals surface area (Å²) in [6.45, 7) is 4.32. The Balaban J connectivity index is 2.53. The van der Waals surface area contributed by atoms with Gasteiger partial charge in [-0.3, -0.25) is 0 Å². The monoisotopic (exact) mass is 272 g/mol. The molecule has 0 spiro atoms. The summed E-state index contributed by atoms with van der Waals surface area (Å²) in [5.41, 5.74) is 0.131. The smallest absolute Gasteiger partial charge is 0.335 e. The molecule has 0 saturated carbocycles. The fourth-order valence-electron chi connectivity index (χ4n) is 1.13. The average Bonchev–Trinajstić information content (AvgIpc) is 2.28. The number of thioether (sulfide) groups is 1. The van der Waals surface area contributed by atoms with Crippen molar-refractivity contribution < 1.29 is 9.90 Å². The largest absolute Gasteiger partial charge is 0.478 e. The van der Waals surface area contributed by atoms with Crippen molar-refractivity contribution in [2.75, 3.05) is 23.4 Å². The molecule has 0 aliphatic rings. The van der Waals surface area contributed by atoms with Crippen LogP contribution in [-0.2, 0) is 0 Å². The van der Waals surface area contributed by atoms with Gasteiger partial charge in [-0.25, -0.2) is 9.78 Å². The van der Waals surface area contributed by atoms with Crippen molar-refractivity contribution >= 4 is 35.1 Å². The number of aromatic carboxylic acids is 1. The van der Waals surface area contributed by atoms with Gasteiger partial charge in [-0.1, -0.05) is 17.7 Å². The van der Waals surface area contributed by atoms with Crippen molar-refractivity contribution in [3.63, 3.8) is 0 Å². The van der Waals surface area contributed by atoms with E-state index in [1.165, 1.54) is 12.1 Å². The molecule has 0 aromatic carbocycles. The average molecular weight is 273 g/mol. The van der Waals surface area contributed by atoms with Gasteiger partial charge in [0.05, 0.1) is 5.56 Å². The Kier molecular flexibility index (Phi) is 5.86. The number of halogens is 1. The molecule has 1 aromatic heterocycles. The predicted octanol–water partition coefficient (Wildman–Crippen LogP) is 2.76. The molecule has 1 heterocycles. The molecule has 0 aliphatic carbocycles. The number of carboxylic acid groups (broad SMARTS) is 1. The Labute approximate surface area is 109 Å². The van der Waals surface area contributed by atoms with Crippen molar-refractivity contribution in [1.29, 1.82) is 0 Å². The summed E-state index contributed by atoms with van der Waals surface area (Å²) < 4.78 is 0. The number of carbonyl (C=O) groups is 1. The number of nitrogens with one attached hydrogen (secondary N) is 1. The fraction of sp³-hybridized carbons (Fsp3) is 0.273. The van der Waals surface area contributed by atoms with Crippen LogP contribution >= 0.6 is 23.4 Å². The van der Waals surface area contributed by atoms with Crippen molar-refractivity contribution in [3.8, 4) is 0 Å². The number of anilines is 1. The SMILES string of the molecule is C=CCSCCNc1cc(C(=O)O)cc(Cl)n1. The Morgan fingerprint density at radius 1 is 1.65 bits per heavy atom. The number of aromatic nitrogens is 1. The minimum atomic E-state index is -1.02. The first-order valence-corrected chi connectivity index (χ1v) is 6.50. The van der Waals surface area contributed by atoms with E-state index in [1.807, 2.05) is 6.08 Å². The van der Waals surface area contributed by atoms with Gasteiger partial charge in [-0.2, -0.15) is 11.8 Å². The highest BCUT2D eigenvalue weighted by atomic mass is 35.5. The van der Waals surface area contributed by atoms with Crippen LogP contribution in [0.15, 0.2) is 24.8 Å². The van der Waals surface area contributed by atoms with Crippen LogP contribution in [0.25, 0.3) is 0 Å². The van der Waals surface area contributed by atoms with Gasteiger partial charge in [-0.15, -0.1) is 6.58 Å². The highest BCUT2D eigenvalue weighted by Crippen LogP contribution is 2.14. The number of hydrogen-bond donors (Lipinski definition) is 2. The fourth-order valence-corrected chi connectivity index (χ4v) is 1.92. The molecule has 0 unspecified atom stereocenters. The van der Waals surface area contributed by atoms with Crippen LogP contribution < -0.4 is 5.32 Å². The standard InChI is InChI=1S/C11H13ClN2O2S/c1-2-4-17-5-3-13-10-7-8(11(15)16)6-9(12)14-10/h2,6-7H,1,3-5H2,(H,13,14)(H,15,16). The molecular formula is C11H13ClN2O2S. The predicted molar refractivity (Wildman–Crippen MR) is 72.2 cm³/mol. The lowest BCUT2D eigenvalue weighted by Crippen LogP contribution is -2.07. The number of hydrogen-bond acceptors (Lipinski definition) is 4. The summed E-state index contributed by atoms with van der Waals surface area (Å²) in [7, 11) is 0. The zero-order valence-corrected chi connectivity index (χ0v) is 10.7. The molecule has 4 nitrogen and oxygen atoms in total. The van der Waals surface area contributed by atoms with Crippen LogP contribution in [0.3, 0.4) is 0 Å². The summed E-state index contributed by atoms with van der Waals surface area (Å²) >= 11 is 7.45. The Morgan fingerprint density at radius 2 is 2.41 bits per heavy atom. The molecule has 0 fully saturated rings. The first-order valence-electron chi connectivity index (χ1n) is 4.97. The van der Waals surface area contributed by atoms with Crippen molar-refractivity contribution in [2.45, 2.75) is 0 Å². The molecule has 6 heteroatoms. The van der Waals surface area contributed by atoms with Gasteiger partial charge in [0, 0.05) is 18.1 Å². The van der Waals surface area contributed by atoms with E-state index in [0.717, 1.165) is 11.5 Å². The minimum Gasteiger partial charge on any atom is -0.478 e. The normalized spacial score (nSPS) is 9.94. The van der Waals surface area contributed by atoms with Crippen LogP contribution in [0.4, 0.5) is 5.82 Å². The van der Waals surface area contributed by atoms with E-state index in [9.17, 15) is 4.79 Å². The lowest BCUT2D eigenvalue weighted by atomic mass is 10.2. The summed E-state index contributed by atoms with van der Waals surface area (Å²) in [5, 5.41) is 12.0. The van der Waals surface area contributed by atoms with Crippen molar-refractivity contribution in [2.24, 2.45) is 0 Å². The molecule has 1 aromatic rings. The van der Waals surface area contributed by atoms with Crippen molar-refractivity contribution in [1.82, 2.24) is 4.98 Å². The van der Waals surface area contributed by atoms with Crippen LogP contribution in [0, 0.1) is 0 Å². The van der Waals surface area contributed by atoms with Gasteiger partial charge in [0.25, 0.3) is 0 Å². The maximum Gasteiger partial charge on any atom is 0.335 e.